The molecule has 0 aliphatic carbocycles. The fourth-order valence-corrected chi connectivity index (χ4v) is 1.78. The largest absolute Gasteiger partial charge is 0.359 e. The molecule has 20 heavy (non-hydrogen) atoms. The molecular weight excluding hydrogens is 252 g/mol. The lowest BCUT2D eigenvalue weighted by Crippen LogP contribution is -2.15. The number of hydrogen-bond donors (Lipinski definition) is 4. The molecule has 0 spiro atoms. The van der Waals surface area contributed by atoms with Gasteiger partial charge >= 0.3 is 0 Å². The molecular formula is C15H24N4O. The highest BCUT2D eigenvalue weighted by molar-refractivity contribution is 5.94. The Morgan fingerprint density at radius 1 is 1.40 bits per heavy atom. The number of hydrogen-bond acceptors (Lipinski definition) is 5. The number of hydroxylamine groups is 1. The minimum Gasteiger partial charge on any atom is -0.359 e. The normalized spacial score (nSPS) is 11.4. The summed E-state index contributed by atoms with van der Waals surface area (Å²) in [5.74, 6) is 0. The van der Waals surface area contributed by atoms with Crippen molar-refractivity contribution in [2.75, 3.05) is 25.5 Å². The average molecular weight is 276 g/mol. The predicted molar refractivity (Wildman–Crippen MR) is 83.9 cm³/mol. The van der Waals surface area contributed by atoms with Crippen LogP contribution in [0.1, 0.15) is 18.4 Å². The van der Waals surface area contributed by atoms with Gasteiger partial charge in [-0.3, -0.25) is 0 Å². The van der Waals surface area contributed by atoms with E-state index in [1.54, 1.807) is 13.2 Å². The van der Waals surface area contributed by atoms with Crippen LogP contribution in [0.5, 0.6) is 0 Å². The third-order valence-corrected chi connectivity index (χ3v) is 2.88. The van der Waals surface area contributed by atoms with Crippen LogP contribution in [-0.2, 0) is 4.84 Å². The van der Waals surface area contributed by atoms with Crippen LogP contribution < -0.4 is 16.5 Å². The highest BCUT2D eigenvalue weighted by atomic mass is 16.6. The van der Waals surface area contributed by atoms with Crippen LogP contribution in [0.15, 0.2) is 36.0 Å². The second-order valence-corrected chi connectivity index (χ2v) is 4.54. The third-order valence-electron chi connectivity index (χ3n) is 2.88. The van der Waals surface area contributed by atoms with Crippen molar-refractivity contribution in [2.24, 2.45) is 5.73 Å². The van der Waals surface area contributed by atoms with Gasteiger partial charge in [0.25, 0.3) is 0 Å². The van der Waals surface area contributed by atoms with E-state index < -0.39 is 0 Å². The molecule has 5 heteroatoms. The number of nitrogens with two attached hydrogens (primary N) is 1. The molecule has 0 saturated heterocycles. The van der Waals surface area contributed by atoms with E-state index in [2.05, 4.69) is 23.8 Å². The Morgan fingerprint density at radius 2 is 2.15 bits per heavy atom. The SMILES string of the molecule is CONCCC/C(=C/C(=N)CN)Nc1ccccc1C. The zero-order valence-corrected chi connectivity index (χ0v) is 12.2. The highest BCUT2D eigenvalue weighted by Crippen LogP contribution is 2.17. The van der Waals surface area contributed by atoms with Crippen molar-refractivity contribution in [3.63, 3.8) is 0 Å². The summed E-state index contributed by atoms with van der Waals surface area (Å²) in [5, 5.41) is 11.1. The molecule has 5 nitrogen and oxygen atoms in total. The number of nitrogens with one attached hydrogen (secondary N) is 3. The monoisotopic (exact) mass is 276 g/mol. The Labute approximate surface area is 120 Å². The first kappa shape index (κ1) is 16.4. The van der Waals surface area contributed by atoms with Gasteiger partial charge in [0.15, 0.2) is 0 Å². The molecule has 0 aromatic heterocycles. The zero-order valence-electron chi connectivity index (χ0n) is 12.2. The molecule has 0 fully saturated rings. The lowest BCUT2D eigenvalue weighted by atomic mass is 10.1. The summed E-state index contributed by atoms with van der Waals surface area (Å²) in [5.41, 5.74) is 11.9. The fraction of sp³-hybridized carbons (Fsp3) is 0.400. The lowest BCUT2D eigenvalue weighted by Gasteiger charge is -2.14. The first-order valence-electron chi connectivity index (χ1n) is 6.74. The van der Waals surface area contributed by atoms with Crippen LogP contribution >= 0.6 is 0 Å². The summed E-state index contributed by atoms with van der Waals surface area (Å²) in [4.78, 5) is 4.81. The Hall–Kier alpha value is -1.69. The van der Waals surface area contributed by atoms with E-state index in [9.17, 15) is 0 Å². The number of anilines is 1. The van der Waals surface area contributed by atoms with Crippen molar-refractivity contribution in [3.8, 4) is 0 Å². The molecule has 110 valence electrons. The maximum Gasteiger partial charge on any atom is 0.0572 e. The van der Waals surface area contributed by atoms with Crippen LogP contribution in [0.25, 0.3) is 0 Å². The Kier molecular flexibility index (Phi) is 7.57. The predicted octanol–water partition coefficient (Wildman–Crippen LogP) is 2.20. The van der Waals surface area contributed by atoms with E-state index in [-0.39, 0.29) is 6.54 Å². The third kappa shape index (κ3) is 5.97. The minimum absolute atomic E-state index is 0.245. The second-order valence-electron chi connectivity index (χ2n) is 4.54. The quantitative estimate of drug-likeness (QED) is 0.316. The van der Waals surface area contributed by atoms with Gasteiger partial charge in [-0.2, -0.15) is 0 Å². The molecule has 0 heterocycles. The standard InChI is InChI=1S/C15H24N4O/c1-12-6-3-4-8-15(12)19-14(10-13(17)11-16)7-5-9-18-20-2/h3-4,6,8,10,17-19H,5,7,9,11,16H2,1-2H3/b14-10-,17-13?. The van der Waals surface area contributed by atoms with Crippen molar-refractivity contribution in [1.82, 2.24) is 5.48 Å². The molecule has 0 aliphatic rings. The number of para-hydroxylation sites is 1. The van der Waals surface area contributed by atoms with Crippen LogP contribution in [-0.4, -0.2) is 25.9 Å². The molecule has 5 N–H and O–H groups in total. The summed E-state index contributed by atoms with van der Waals surface area (Å²) in [6.07, 6.45) is 3.54. The fourth-order valence-electron chi connectivity index (χ4n) is 1.78. The maximum absolute atomic E-state index is 7.72. The van der Waals surface area contributed by atoms with Crippen molar-refractivity contribution >= 4 is 11.4 Å². The Morgan fingerprint density at radius 3 is 2.80 bits per heavy atom. The van der Waals surface area contributed by atoms with E-state index in [0.717, 1.165) is 30.8 Å². The summed E-state index contributed by atoms with van der Waals surface area (Å²) in [7, 11) is 1.60. The van der Waals surface area contributed by atoms with Crippen LogP contribution in [0, 0.1) is 12.3 Å². The van der Waals surface area contributed by atoms with Crippen molar-refractivity contribution in [3.05, 3.63) is 41.6 Å². The molecule has 0 aliphatic heterocycles. The van der Waals surface area contributed by atoms with Gasteiger partial charge in [0.1, 0.15) is 0 Å². The van der Waals surface area contributed by atoms with Gasteiger partial charge in [0.2, 0.25) is 0 Å². The number of allylic oxidation sites excluding steroid dienone is 1. The molecule has 1 rings (SSSR count). The summed E-state index contributed by atoms with van der Waals surface area (Å²) in [6, 6.07) is 8.09. The lowest BCUT2D eigenvalue weighted by molar-refractivity contribution is 0.0911. The smallest absolute Gasteiger partial charge is 0.0572 e. The van der Waals surface area contributed by atoms with Gasteiger partial charge < -0.3 is 21.3 Å². The topological polar surface area (TPSA) is 83.2 Å². The molecule has 0 bridgehead atoms. The van der Waals surface area contributed by atoms with E-state index in [4.69, 9.17) is 16.0 Å². The van der Waals surface area contributed by atoms with Crippen molar-refractivity contribution in [2.45, 2.75) is 19.8 Å². The molecule has 1 aromatic carbocycles. The molecule has 0 radical (unpaired) electrons. The first-order chi connectivity index (χ1) is 9.67. The Bertz CT molecular complexity index is 457. The summed E-state index contributed by atoms with van der Waals surface area (Å²) in [6.45, 7) is 3.06. The van der Waals surface area contributed by atoms with Gasteiger partial charge in [0.05, 0.1) is 7.11 Å². The maximum atomic E-state index is 7.72. The molecule has 0 atom stereocenters. The van der Waals surface area contributed by atoms with Gasteiger partial charge in [0, 0.05) is 30.2 Å². The second kappa shape index (κ2) is 9.25. The van der Waals surface area contributed by atoms with Gasteiger partial charge in [-0.15, -0.1) is 0 Å². The summed E-state index contributed by atoms with van der Waals surface area (Å²) >= 11 is 0. The van der Waals surface area contributed by atoms with Crippen molar-refractivity contribution < 1.29 is 4.84 Å². The van der Waals surface area contributed by atoms with Crippen LogP contribution in [0.4, 0.5) is 5.69 Å². The summed E-state index contributed by atoms with van der Waals surface area (Å²) < 4.78 is 0. The first-order valence-corrected chi connectivity index (χ1v) is 6.74. The van der Waals surface area contributed by atoms with E-state index in [0.29, 0.717) is 5.71 Å². The van der Waals surface area contributed by atoms with Gasteiger partial charge in [-0.1, -0.05) is 18.2 Å². The van der Waals surface area contributed by atoms with E-state index >= 15 is 0 Å². The number of benzene rings is 1. The zero-order chi connectivity index (χ0) is 14.8. The Balaban J connectivity index is 2.70. The molecule has 0 amide bonds. The molecule has 0 saturated carbocycles. The van der Waals surface area contributed by atoms with Gasteiger partial charge in [-0.25, -0.2) is 5.48 Å². The highest BCUT2D eigenvalue weighted by Gasteiger charge is 2.02. The molecule has 0 unspecified atom stereocenters. The average Bonchev–Trinajstić information content (AvgIpc) is 2.45. The minimum atomic E-state index is 0.245. The number of aryl methyl sites for hydroxylation is 1. The molecule has 1 aromatic rings. The van der Waals surface area contributed by atoms with Crippen LogP contribution in [0.2, 0.25) is 0 Å². The van der Waals surface area contributed by atoms with Crippen LogP contribution in [0.3, 0.4) is 0 Å². The van der Waals surface area contributed by atoms with E-state index in [1.807, 2.05) is 18.2 Å². The van der Waals surface area contributed by atoms with Crippen molar-refractivity contribution in [1.29, 1.82) is 5.41 Å². The van der Waals surface area contributed by atoms with Gasteiger partial charge in [-0.05, 0) is 37.5 Å². The number of rotatable bonds is 9. The van der Waals surface area contributed by atoms with E-state index in [1.165, 1.54) is 5.56 Å².